The first-order valence-corrected chi connectivity index (χ1v) is 11.7. The lowest BCUT2D eigenvalue weighted by Gasteiger charge is -2.33. The van der Waals surface area contributed by atoms with E-state index in [1.807, 2.05) is 41.1 Å². The van der Waals surface area contributed by atoms with E-state index in [1.54, 1.807) is 18.6 Å². The monoisotopic (exact) mass is 498 g/mol. The topological polar surface area (TPSA) is 36.3 Å². The van der Waals surface area contributed by atoms with Crippen molar-refractivity contribution < 1.29 is 9.47 Å². The van der Waals surface area contributed by atoms with Gasteiger partial charge in [-0.1, -0.05) is 58.5 Å². The summed E-state index contributed by atoms with van der Waals surface area (Å²) < 4.78 is 14.8. The van der Waals surface area contributed by atoms with Crippen molar-refractivity contribution in [3.05, 3.63) is 86.3 Å². The van der Waals surface area contributed by atoms with Gasteiger partial charge >= 0.3 is 0 Å². The summed E-state index contributed by atoms with van der Waals surface area (Å²) in [6.07, 6.45) is 8.02. The number of halogens is 4. The molecule has 1 aromatic heterocycles. The minimum Gasteiger partial charge on any atom is -0.348 e. The largest absolute Gasteiger partial charge is 0.348 e. The van der Waals surface area contributed by atoms with Crippen LogP contribution >= 0.6 is 46.4 Å². The Labute approximate surface area is 202 Å². The Kier molecular flexibility index (Phi) is 7.81. The van der Waals surface area contributed by atoms with Crippen LogP contribution in [0.1, 0.15) is 36.5 Å². The summed E-state index contributed by atoms with van der Waals surface area (Å²) in [4.78, 5) is 4.10. The minimum absolute atomic E-state index is 0.0504. The lowest BCUT2D eigenvalue weighted by atomic mass is 10.0. The number of nitrogens with zero attached hydrogens (tertiary/aromatic N) is 2. The molecule has 1 fully saturated rings. The Morgan fingerprint density at radius 1 is 1.06 bits per heavy atom. The molecule has 1 saturated heterocycles. The second kappa shape index (κ2) is 10.6. The van der Waals surface area contributed by atoms with E-state index in [4.69, 9.17) is 55.9 Å². The van der Waals surface area contributed by atoms with Crippen LogP contribution in [-0.4, -0.2) is 21.9 Å². The van der Waals surface area contributed by atoms with Gasteiger partial charge in [0.15, 0.2) is 6.29 Å². The third kappa shape index (κ3) is 5.95. The smallest absolute Gasteiger partial charge is 0.158 e. The fourth-order valence-electron chi connectivity index (χ4n) is 3.83. The first-order chi connectivity index (χ1) is 15.0. The molecule has 31 heavy (non-hydrogen) atoms. The fraction of sp³-hybridized carbons (Fsp3) is 0.348. The second-order valence-electron chi connectivity index (χ2n) is 7.58. The number of aromatic nitrogens is 2. The molecule has 1 aliphatic rings. The van der Waals surface area contributed by atoms with Crippen LogP contribution in [0.2, 0.25) is 20.1 Å². The molecule has 164 valence electrons. The molecule has 3 aromatic rings. The molecular formula is C23H22Cl4N2O2. The molecule has 2 heterocycles. The molecule has 3 atom stereocenters. The molecular weight excluding hydrogens is 478 g/mol. The van der Waals surface area contributed by atoms with Gasteiger partial charge in [0.1, 0.15) is 0 Å². The van der Waals surface area contributed by atoms with Gasteiger partial charge < -0.3 is 14.0 Å². The third-order valence-electron chi connectivity index (χ3n) is 5.34. The molecule has 0 bridgehead atoms. The van der Waals surface area contributed by atoms with Gasteiger partial charge in [-0.2, -0.15) is 0 Å². The van der Waals surface area contributed by atoms with Crippen molar-refractivity contribution in [1.82, 2.24) is 9.55 Å². The van der Waals surface area contributed by atoms with Crippen molar-refractivity contribution >= 4 is 46.4 Å². The van der Waals surface area contributed by atoms with Gasteiger partial charge in [-0.3, -0.25) is 0 Å². The van der Waals surface area contributed by atoms with Crippen LogP contribution in [0.25, 0.3) is 0 Å². The van der Waals surface area contributed by atoms with E-state index >= 15 is 0 Å². The Balaban J connectivity index is 1.55. The summed E-state index contributed by atoms with van der Waals surface area (Å²) in [7, 11) is 0. The highest BCUT2D eigenvalue weighted by Gasteiger charge is 2.29. The van der Waals surface area contributed by atoms with E-state index in [-0.39, 0.29) is 12.4 Å². The fourth-order valence-corrected chi connectivity index (χ4v) is 4.96. The number of rotatable bonds is 7. The molecule has 3 unspecified atom stereocenters. The maximum atomic E-state index is 6.53. The summed E-state index contributed by atoms with van der Waals surface area (Å²) in [6, 6.07) is 10.9. The number of hydrogen-bond donors (Lipinski definition) is 0. The van der Waals surface area contributed by atoms with Gasteiger partial charge in [-0.25, -0.2) is 4.98 Å². The zero-order valence-electron chi connectivity index (χ0n) is 16.7. The minimum atomic E-state index is -0.420. The molecule has 8 heteroatoms. The molecule has 4 nitrogen and oxygen atoms in total. The zero-order chi connectivity index (χ0) is 21.8. The highest BCUT2D eigenvalue weighted by Crippen LogP contribution is 2.38. The van der Waals surface area contributed by atoms with Gasteiger partial charge in [0.05, 0.1) is 18.5 Å². The van der Waals surface area contributed by atoms with Gasteiger partial charge in [-0.05, 0) is 49.1 Å². The van der Waals surface area contributed by atoms with E-state index in [0.29, 0.717) is 26.5 Å². The van der Waals surface area contributed by atoms with Gasteiger partial charge in [-0.15, -0.1) is 0 Å². The van der Waals surface area contributed by atoms with Crippen LogP contribution in [0.5, 0.6) is 0 Å². The van der Waals surface area contributed by atoms with Crippen LogP contribution in [0, 0.1) is 0 Å². The standard InChI is InChI=1S/C23H22Cl4N2O2/c24-16-8-7-15(20(27)12-16)11-21(23-18(25)4-2-5-19(23)26)31-22-6-1-3-17(30-22)13-29-10-9-28-14-29/h2,4-5,7-10,12,14,17,21-22H,1,3,6,11,13H2. The van der Waals surface area contributed by atoms with E-state index in [2.05, 4.69) is 4.98 Å². The quantitative estimate of drug-likeness (QED) is 0.340. The summed E-state index contributed by atoms with van der Waals surface area (Å²) in [5.41, 5.74) is 1.63. The van der Waals surface area contributed by atoms with Crippen LogP contribution < -0.4 is 0 Å². The van der Waals surface area contributed by atoms with Crippen molar-refractivity contribution in [1.29, 1.82) is 0 Å². The van der Waals surface area contributed by atoms with E-state index in [1.165, 1.54) is 0 Å². The lowest BCUT2D eigenvalue weighted by Crippen LogP contribution is -2.33. The summed E-state index contributed by atoms with van der Waals surface area (Å²) >= 11 is 25.6. The molecule has 0 aliphatic carbocycles. The van der Waals surface area contributed by atoms with Gasteiger partial charge in [0.2, 0.25) is 0 Å². The predicted molar refractivity (Wildman–Crippen MR) is 125 cm³/mol. The SMILES string of the molecule is Clc1ccc(CC(OC2CCCC(Cn3ccnc3)O2)c2c(Cl)cccc2Cl)c(Cl)c1. The normalized spacial score (nSPS) is 20.0. The molecule has 0 radical (unpaired) electrons. The number of imidazole rings is 1. The molecule has 0 amide bonds. The highest BCUT2D eigenvalue weighted by atomic mass is 35.5. The molecule has 0 saturated carbocycles. The molecule has 0 spiro atoms. The highest BCUT2D eigenvalue weighted by molar-refractivity contribution is 6.36. The average molecular weight is 500 g/mol. The van der Waals surface area contributed by atoms with Crippen molar-refractivity contribution in [3.63, 3.8) is 0 Å². The van der Waals surface area contributed by atoms with Crippen molar-refractivity contribution in [3.8, 4) is 0 Å². The van der Waals surface area contributed by atoms with Crippen molar-refractivity contribution in [2.24, 2.45) is 0 Å². The van der Waals surface area contributed by atoms with E-state index in [0.717, 1.165) is 36.9 Å². The molecule has 4 rings (SSSR count). The summed E-state index contributed by atoms with van der Waals surface area (Å²) in [5, 5.41) is 2.26. The maximum absolute atomic E-state index is 6.53. The van der Waals surface area contributed by atoms with Gasteiger partial charge in [0.25, 0.3) is 0 Å². The van der Waals surface area contributed by atoms with Crippen LogP contribution in [0.15, 0.2) is 55.1 Å². The summed E-state index contributed by atoms with van der Waals surface area (Å²) in [6.45, 7) is 0.736. The average Bonchev–Trinajstić information content (AvgIpc) is 3.23. The van der Waals surface area contributed by atoms with Crippen molar-refractivity contribution in [2.75, 3.05) is 0 Å². The Bertz CT molecular complexity index is 993. The first kappa shape index (κ1) is 22.9. The van der Waals surface area contributed by atoms with E-state index < -0.39 is 6.10 Å². The lowest BCUT2D eigenvalue weighted by molar-refractivity contribution is -0.218. The number of benzene rings is 2. The predicted octanol–water partition coefficient (Wildman–Crippen LogP) is 7.39. The summed E-state index contributed by atoms with van der Waals surface area (Å²) in [5.74, 6) is 0. The third-order valence-corrected chi connectivity index (χ3v) is 6.59. The van der Waals surface area contributed by atoms with Crippen molar-refractivity contribution in [2.45, 2.75) is 50.7 Å². The Morgan fingerprint density at radius 2 is 1.87 bits per heavy atom. The van der Waals surface area contributed by atoms with E-state index in [9.17, 15) is 0 Å². The molecule has 0 N–H and O–H groups in total. The second-order valence-corrected chi connectivity index (χ2v) is 9.24. The van der Waals surface area contributed by atoms with Gasteiger partial charge in [0, 0.05) is 51.0 Å². The Morgan fingerprint density at radius 3 is 2.58 bits per heavy atom. The first-order valence-electron chi connectivity index (χ1n) is 10.1. The molecule has 1 aliphatic heterocycles. The van der Waals surface area contributed by atoms with Crippen LogP contribution in [0.3, 0.4) is 0 Å². The zero-order valence-corrected chi connectivity index (χ0v) is 19.7. The number of ether oxygens (including phenoxy) is 2. The maximum Gasteiger partial charge on any atom is 0.158 e. The molecule has 2 aromatic carbocycles. The van der Waals surface area contributed by atoms with Crippen LogP contribution in [-0.2, 0) is 22.4 Å². The van der Waals surface area contributed by atoms with Crippen LogP contribution in [0.4, 0.5) is 0 Å². The number of hydrogen-bond acceptors (Lipinski definition) is 3. The Hall–Kier alpha value is -1.27.